The number of amides is 1. The number of aromatic nitrogens is 2. The number of rotatable bonds is 4. The van der Waals surface area contributed by atoms with Crippen molar-refractivity contribution < 1.29 is 32.2 Å². The second-order valence-corrected chi connectivity index (χ2v) is 10.1. The summed E-state index contributed by atoms with van der Waals surface area (Å²) in [6.07, 6.45) is -0.997. The molecule has 5 rings (SSSR count). The van der Waals surface area contributed by atoms with Crippen LogP contribution in [0.5, 0.6) is 0 Å². The van der Waals surface area contributed by atoms with E-state index in [1.165, 1.54) is 6.07 Å². The van der Waals surface area contributed by atoms with Crippen LogP contribution in [0.2, 0.25) is 0 Å². The van der Waals surface area contributed by atoms with Crippen LogP contribution in [0.25, 0.3) is 0 Å². The Morgan fingerprint density at radius 2 is 1.95 bits per heavy atom. The number of aromatic amines is 1. The summed E-state index contributed by atoms with van der Waals surface area (Å²) in [5.41, 5.74) is 2.66. The van der Waals surface area contributed by atoms with Gasteiger partial charge in [-0.3, -0.25) is 4.79 Å². The average Bonchev–Trinajstić information content (AvgIpc) is 2.89. The number of H-pyrrole nitrogens is 1. The molecule has 1 aromatic heterocycles. The molecule has 1 amide bonds. The Kier molecular flexibility index (Phi) is 7.35. The van der Waals surface area contributed by atoms with E-state index >= 15 is 0 Å². The molecule has 3 aliphatic rings. The Hall–Kier alpha value is -2.79. The number of hydrogen-bond acceptors (Lipinski definition) is 5. The van der Waals surface area contributed by atoms with Crippen molar-refractivity contribution in [3.8, 4) is 0 Å². The first-order chi connectivity index (χ1) is 17.7. The van der Waals surface area contributed by atoms with E-state index in [1.807, 2.05) is 11.8 Å². The Morgan fingerprint density at radius 1 is 1.16 bits per heavy atom. The van der Waals surface area contributed by atoms with Gasteiger partial charge in [0, 0.05) is 55.5 Å². The van der Waals surface area contributed by atoms with Gasteiger partial charge in [0.05, 0.1) is 12.2 Å². The van der Waals surface area contributed by atoms with Gasteiger partial charge < -0.3 is 19.9 Å². The summed E-state index contributed by atoms with van der Waals surface area (Å²) in [6, 6.07) is 3.85. The fourth-order valence-electron chi connectivity index (χ4n) is 5.54. The summed E-state index contributed by atoms with van der Waals surface area (Å²) in [7, 11) is 0. The van der Waals surface area contributed by atoms with E-state index in [9.17, 15) is 22.4 Å². The van der Waals surface area contributed by atoms with Crippen LogP contribution in [-0.2, 0) is 23.9 Å². The predicted octanol–water partition coefficient (Wildman–Crippen LogP) is 3.11. The summed E-state index contributed by atoms with van der Waals surface area (Å²) in [4.78, 5) is 17.1. The number of carbonyl (C=O) groups excluding carboxylic acids is 1. The third-order valence-electron chi connectivity index (χ3n) is 7.72. The van der Waals surface area contributed by atoms with Crippen molar-refractivity contribution >= 4 is 11.6 Å². The third kappa shape index (κ3) is 5.57. The van der Waals surface area contributed by atoms with Gasteiger partial charge in [0.25, 0.3) is 5.91 Å². The van der Waals surface area contributed by atoms with Gasteiger partial charge in [-0.05, 0) is 55.9 Å². The number of halogens is 4. The van der Waals surface area contributed by atoms with Crippen molar-refractivity contribution in [2.75, 3.05) is 37.7 Å². The molecule has 4 heterocycles. The van der Waals surface area contributed by atoms with Gasteiger partial charge in [0.2, 0.25) is 6.20 Å². The Labute approximate surface area is 213 Å². The molecule has 200 valence electrons. The fraction of sp³-hybridized carbons (Fsp3) is 0.577. The quantitative estimate of drug-likeness (QED) is 0.625. The Morgan fingerprint density at radius 3 is 2.68 bits per heavy atom. The minimum atomic E-state index is -4.39. The molecule has 11 heteroatoms. The molecule has 37 heavy (non-hydrogen) atoms. The summed E-state index contributed by atoms with van der Waals surface area (Å²) in [5, 5.41) is 10.5. The van der Waals surface area contributed by atoms with E-state index in [4.69, 9.17) is 4.74 Å². The maximum absolute atomic E-state index is 14.1. The number of likely N-dealkylation sites (tertiary alicyclic amines) is 1. The number of fused-ring (bicyclic) bond motifs is 1. The number of anilines is 1. The number of hydrogen-bond donors (Lipinski definition) is 1. The van der Waals surface area contributed by atoms with Crippen molar-refractivity contribution in [2.24, 2.45) is 0 Å². The van der Waals surface area contributed by atoms with Gasteiger partial charge in [-0.2, -0.15) is 13.2 Å². The van der Waals surface area contributed by atoms with E-state index in [1.54, 1.807) is 17.2 Å². The molecule has 0 saturated carbocycles. The van der Waals surface area contributed by atoms with Crippen molar-refractivity contribution in [3.05, 3.63) is 52.3 Å². The second-order valence-electron chi connectivity index (χ2n) is 10.1. The molecule has 2 aromatic rings. The van der Waals surface area contributed by atoms with Crippen LogP contribution in [0.4, 0.5) is 23.2 Å². The second kappa shape index (κ2) is 10.5. The summed E-state index contributed by atoms with van der Waals surface area (Å²) < 4.78 is 58.9. The molecule has 3 aliphatic heterocycles. The number of nitrogens with zero attached hydrogens (tertiary/aromatic N) is 3. The highest BCUT2D eigenvalue weighted by Crippen LogP contribution is 2.33. The number of piperidine rings is 1. The highest BCUT2D eigenvalue weighted by molar-refractivity contribution is 5.94. The lowest BCUT2D eigenvalue weighted by atomic mass is 9.96. The molecule has 0 aliphatic carbocycles. The van der Waals surface area contributed by atoms with Crippen LogP contribution >= 0.6 is 0 Å². The topological polar surface area (TPSA) is 71.8 Å². The first kappa shape index (κ1) is 25.8. The van der Waals surface area contributed by atoms with Gasteiger partial charge >= 0.3 is 6.18 Å². The van der Waals surface area contributed by atoms with E-state index in [0.29, 0.717) is 62.4 Å². The number of ether oxygens (including phenoxy) is 1. The van der Waals surface area contributed by atoms with Crippen LogP contribution in [0.1, 0.15) is 52.0 Å². The summed E-state index contributed by atoms with van der Waals surface area (Å²) in [5.74, 6) is -0.180. The molecule has 2 atom stereocenters. The summed E-state index contributed by atoms with van der Waals surface area (Å²) >= 11 is 0. The standard InChI is InChI=1S/C26H31F4N5O2/c1-16-23(35-8-4-17-2-3-19(26(28,29)30)12-18(17)14-35)13-31-33-24(16)25(36)34-9-5-20(6-10-34)32-22-7-11-37-15-21(22)27/h2-3,12-13,20-22,32H,4-11,14-15H2,1H3/p+1. The van der Waals surface area contributed by atoms with Gasteiger partial charge in [0.15, 0.2) is 5.69 Å². The van der Waals surface area contributed by atoms with E-state index in [-0.39, 0.29) is 24.6 Å². The van der Waals surface area contributed by atoms with Crippen molar-refractivity contribution in [1.82, 2.24) is 15.3 Å². The minimum Gasteiger partial charge on any atom is -0.378 e. The zero-order valence-electron chi connectivity index (χ0n) is 20.8. The monoisotopic (exact) mass is 522 g/mol. The van der Waals surface area contributed by atoms with E-state index in [0.717, 1.165) is 30.2 Å². The molecule has 2 fully saturated rings. The van der Waals surface area contributed by atoms with Crippen LogP contribution in [0.15, 0.2) is 24.4 Å². The zero-order chi connectivity index (χ0) is 26.2. The maximum Gasteiger partial charge on any atom is 0.416 e. The SMILES string of the molecule is Cc1c(N2CCc3ccc(C(F)(F)F)cc3C2)c[nH+]nc1C(=O)N1CCC(NC2CCOCC2F)CC1. The van der Waals surface area contributed by atoms with E-state index in [2.05, 4.69) is 15.5 Å². The molecule has 0 bridgehead atoms. The van der Waals surface area contributed by atoms with Crippen molar-refractivity contribution in [3.63, 3.8) is 0 Å². The molecule has 0 radical (unpaired) electrons. The molecule has 0 spiro atoms. The Bertz CT molecular complexity index is 1140. The van der Waals surface area contributed by atoms with Gasteiger partial charge in [-0.15, -0.1) is 5.10 Å². The number of carbonyl (C=O) groups is 1. The molecule has 7 nitrogen and oxygen atoms in total. The lowest BCUT2D eigenvalue weighted by molar-refractivity contribution is -0.455. The van der Waals surface area contributed by atoms with Gasteiger partial charge in [0.1, 0.15) is 11.9 Å². The smallest absolute Gasteiger partial charge is 0.378 e. The zero-order valence-corrected chi connectivity index (χ0v) is 20.8. The van der Waals surface area contributed by atoms with E-state index < -0.39 is 17.9 Å². The molecule has 2 saturated heterocycles. The molecule has 1 aromatic carbocycles. The first-order valence-corrected chi connectivity index (χ1v) is 12.8. The lowest BCUT2D eigenvalue weighted by Gasteiger charge is -2.36. The Balaban J connectivity index is 1.25. The van der Waals surface area contributed by atoms with Crippen LogP contribution in [0, 0.1) is 6.92 Å². The lowest BCUT2D eigenvalue weighted by Crippen LogP contribution is -2.52. The van der Waals surface area contributed by atoms with Gasteiger partial charge in [-0.25, -0.2) is 4.39 Å². The average molecular weight is 523 g/mol. The molecular formula is C26H32F4N5O2+. The molecular weight excluding hydrogens is 490 g/mol. The highest BCUT2D eigenvalue weighted by Gasteiger charge is 2.34. The van der Waals surface area contributed by atoms with Crippen molar-refractivity contribution in [1.29, 1.82) is 0 Å². The van der Waals surface area contributed by atoms with Crippen LogP contribution in [0.3, 0.4) is 0 Å². The summed E-state index contributed by atoms with van der Waals surface area (Å²) in [6.45, 7) is 4.54. The predicted molar refractivity (Wildman–Crippen MR) is 128 cm³/mol. The van der Waals surface area contributed by atoms with Crippen molar-refractivity contribution in [2.45, 2.75) is 63.6 Å². The third-order valence-corrected chi connectivity index (χ3v) is 7.72. The minimum absolute atomic E-state index is 0.124. The molecule has 2 N–H and O–H groups in total. The first-order valence-electron chi connectivity index (χ1n) is 12.8. The molecule has 2 unspecified atom stereocenters. The maximum atomic E-state index is 14.1. The largest absolute Gasteiger partial charge is 0.416 e. The fourth-order valence-corrected chi connectivity index (χ4v) is 5.54. The number of alkyl halides is 4. The number of benzene rings is 1. The van der Waals surface area contributed by atoms with Crippen LogP contribution in [-0.4, -0.2) is 67.0 Å². The normalized spacial score (nSPS) is 23.2. The highest BCUT2D eigenvalue weighted by atomic mass is 19.4. The van der Waals surface area contributed by atoms with Gasteiger partial charge in [-0.1, -0.05) is 6.07 Å². The number of nitrogens with one attached hydrogen (secondary N) is 2. The van der Waals surface area contributed by atoms with Crippen LogP contribution < -0.4 is 15.3 Å².